The molecule has 0 aliphatic rings. The van der Waals surface area contributed by atoms with Gasteiger partial charge in [-0.05, 0) is 37.1 Å². The standard InChI is InChI=1S/C14H21BrO.C6H6O/c15-12-8-3-1-2-4-9-13-16-14-10-6-5-7-11-14;7-6-4-2-1-3-5-6/h5-7,10-11H,1-4,8-9,12-13H2;1-5,7H. The molecule has 23 heavy (non-hydrogen) atoms. The van der Waals surface area contributed by atoms with Crippen molar-refractivity contribution in [3.8, 4) is 11.5 Å². The van der Waals surface area contributed by atoms with Gasteiger partial charge in [0.2, 0.25) is 0 Å². The maximum Gasteiger partial charge on any atom is 0.119 e. The molecular weight excluding hydrogens is 352 g/mol. The number of unbranched alkanes of at least 4 members (excludes halogenated alkanes) is 5. The number of alkyl halides is 1. The van der Waals surface area contributed by atoms with E-state index in [9.17, 15) is 0 Å². The van der Waals surface area contributed by atoms with Gasteiger partial charge < -0.3 is 9.84 Å². The van der Waals surface area contributed by atoms with Crippen LogP contribution >= 0.6 is 15.9 Å². The molecule has 0 radical (unpaired) electrons. The molecule has 0 aliphatic carbocycles. The number of aromatic hydroxyl groups is 1. The molecular formula is C20H27BrO2. The van der Waals surface area contributed by atoms with Crippen LogP contribution in [-0.4, -0.2) is 17.0 Å². The lowest BCUT2D eigenvalue weighted by Gasteiger charge is -2.05. The number of hydrogen-bond acceptors (Lipinski definition) is 2. The van der Waals surface area contributed by atoms with Crippen molar-refractivity contribution in [2.75, 3.05) is 11.9 Å². The molecule has 1 N–H and O–H groups in total. The van der Waals surface area contributed by atoms with Crippen molar-refractivity contribution in [1.29, 1.82) is 0 Å². The molecule has 2 aromatic rings. The van der Waals surface area contributed by atoms with Gasteiger partial charge in [-0.25, -0.2) is 0 Å². The predicted molar refractivity (Wildman–Crippen MR) is 102 cm³/mol. The van der Waals surface area contributed by atoms with Crippen LogP contribution in [0.1, 0.15) is 38.5 Å². The van der Waals surface area contributed by atoms with Gasteiger partial charge in [0.05, 0.1) is 6.61 Å². The van der Waals surface area contributed by atoms with Crippen LogP contribution in [0.25, 0.3) is 0 Å². The van der Waals surface area contributed by atoms with Crippen LogP contribution in [0.3, 0.4) is 0 Å². The van der Waals surface area contributed by atoms with Gasteiger partial charge in [-0.15, -0.1) is 0 Å². The van der Waals surface area contributed by atoms with Gasteiger partial charge in [-0.2, -0.15) is 0 Å². The van der Waals surface area contributed by atoms with E-state index in [1.165, 1.54) is 38.5 Å². The summed E-state index contributed by atoms with van der Waals surface area (Å²) in [5.74, 6) is 1.31. The third kappa shape index (κ3) is 11.7. The van der Waals surface area contributed by atoms with E-state index in [4.69, 9.17) is 9.84 Å². The molecule has 2 aromatic carbocycles. The van der Waals surface area contributed by atoms with E-state index < -0.39 is 0 Å². The molecule has 0 saturated carbocycles. The molecule has 0 spiro atoms. The molecule has 126 valence electrons. The van der Waals surface area contributed by atoms with Crippen molar-refractivity contribution in [3.05, 3.63) is 60.7 Å². The van der Waals surface area contributed by atoms with Crippen molar-refractivity contribution < 1.29 is 9.84 Å². The first-order chi connectivity index (χ1) is 11.3. The number of phenolic OH excluding ortho intramolecular Hbond substituents is 1. The Morgan fingerprint density at radius 1 is 0.696 bits per heavy atom. The van der Waals surface area contributed by atoms with Crippen molar-refractivity contribution in [3.63, 3.8) is 0 Å². The predicted octanol–water partition coefficient (Wildman–Crippen LogP) is 6.19. The molecule has 0 fully saturated rings. The Kier molecular flexibility index (Phi) is 12.0. The fourth-order valence-electron chi connectivity index (χ4n) is 2.04. The summed E-state index contributed by atoms with van der Waals surface area (Å²) in [6.45, 7) is 0.850. The van der Waals surface area contributed by atoms with Crippen molar-refractivity contribution in [2.45, 2.75) is 38.5 Å². The van der Waals surface area contributed by atoms with Crippen LogP contribution in [-0.2, 0) is 0 Å². The number of para-hydroxylation sites is 2. The molecule has 0 atom stereocenters. The highest BCUT2D eigenvalue weighted by Gasteiger charge is 1.93. The van der Waals surface area contributed by atoms with Gasteiger partial charge in [0.25, 0.3) is 0 Å². The topological polar surface area (TPSA) is 29.5 Å². The summed E-state index contributed by atoms with van der Waals surface area (Å²) >= 11 is 3.45. The van der Waals surface area contributed by atoms with E-state index in [2.05, 4.69) is 15.9 Å². The zero-order valence-electron chi connectivity index (χ0n) is 13.7. The number of rotatable bonds is 9. The molecule has 3 heteroatoms. The van der Waals surface area contributed by atoms with Crippen molar-refractivity contribution >= 4 is 15.9 Å². The Morgan fingerprint density at radius 3 is 1.74 bits per heavy atom. The average Bonchev–Trinajstić information content (AvgIpc) is 2.59. The minimum Gasteiger partial charge on any atom is -0.508 e. The summed E-state index contributed by atoms with van der Waals surface area (Å²) in [6, 6.07) is 18.8. The van der Waals surface area contributed by atoms with Gasteiger partial charge in [0.15, 0.2) is 0 Å². The van der Waals surface area contributed by atoms with E-state index in [0.717, 1.165) is 17.7 Å². The monoisotopic (exact) mass is 378 g/mol. The Hall–Kier alpha value is -1.48. The summed E-state index contributed by atoms with van der Waals surface area (Å²) in [5, 5.41) is 9.78. The summed E-state index contributed by atoms with van der Waals surface area (Å²) in [6.07, 6.45) is 7.81. The normalized spacial score (nSPS) is 9.78. The highest BCUT2D eigenvalue weighted by Crippen LogP contribution is 2.10. The van der Waals surface area contributed by atoms with Gasteiger partial charge in [-0.3, -0.25) is 0 Å². The van der Waals surface area contributed by atoms with Crippen LogP contribution in [0.4, 0.5) is 0 Å². The fourth-order valence-corrected chi connectivity index (χ4v) is 2.43. The van der Waals surface area contributed by atoms with E-state index in [0.29, 0.717) is 5.75 Å². The number of phenols is 1. The molecule has 0 aliphatic heterocycles. The van der Waals surface area contributed by atoms with Gasteiger partial charge in [0.1, 0.15) is 11.5 Å². The van der Waals surface area contributed by atoms with Crippen molar-refractivity contribution in [1.82, 2.24) is 0 Å². The van der Waals surface area contributed by atoms with E-state index in [1.54, 1.807) is 24.3 Å². The Labute approximate surface area is 148 Å². The van der Waals surface area contributed by atoms with Gasteiger partial charge in [-0.1, -0.05) is 78.0 Å². The Balaban J connectivity index is 0.000000313. The van der Waals surface area contributed by atoms with Crippen molar-refractivity contribution in [2.24, 2.45) is 0 Å². The quantitative estimate of drug-likeness (QED) is 0.416. The lowest BCUT2D eigenvalue weighted by molar-refractivity contribution is 0.304. The van der Waals surface area contributed by atoms with Gasteiger partial charge in [0, 0.05) is 5.33 Å². The van der Waals surface area contributed by atoms with Crippen LogP contribution in [0.2, 0.25) is 0 Å². The lowest BCUT2D eigenvalue weighted by atomic mass is 10.1. The summed E-state index contributed by atoms with van der Waals surface area (Å²) in [4.78, 5) is 0. The molecule has 0 amide bonds. The molecule has 0 unspecified atom stereocenters. The summed E-state index contributed by atoms with van der Waals surface area (Å²) in [5.41, 5.74) is 0. The maximum absolute atomic E-state index is 8.63. The smallest absolute Gasteiger partial charge is 0.119 e. The van der Waals surface area contributed by atoms with Crippen LogP contribution in [0.5, 0.6) is 11.5 Å². The summed E-state index contributed by atoms with van der Waals surface area (Å²) < 4.78 is 5.63. The minimum atomic E-state index is 0.322. The maximum atomic E-state index is 8.63. The molecule has 0 bridgehead atoms. The summed E-state index contributed by atoms with van der Waals surface area (Å²) in [7, 11) is 0. The second-order valence-electron chi connectivity index (χ2n) is 5.31. The first-order valence-electron chi connectivity index (χ1n) is 8.31. The van der Waals surface area contributed by atoms with Gasteiger partial charge >= 0.3 is 0 Å². The second kappa shape index (κ2) is 14.1. The first kappa shape index (κ1) is 19.6. The molecule has 2 nitrogen and oxygen atoms in total. The van der Waals surface area contributed by atoms with Crippen LogP contribution < -0.4 is 4.74 Å². The number of ether oxygens (including phenoxy) is 1. The molecule has 2 rings (SSSR count). The number of hydrogen-bond donors (Lipinski definition) is 1. The minimum absolute atomic E-state index is 0.322. The second-order valence-corrected chi connectivity index (χ2v) is 6.10. The third-order valence-corrected chi connectivity index (χ3v) is 3.86. The zero-order valence-corrected chi connectivity index (χ0v) is 15.2. The van der Waals surface area contributed by atoms with E-state index in [1.807, 2.05) is 36.4 Å². The highest BCUT2D eigenvalue weighted by molar-refractivity contribution is 9.09. The fraction of sp³-hybridized carbons (Fsp3) is 0.400. The molecule has 0 heterocycles. The third-order valence-electron chi connectivity index (χ3n) is 3.30. The zero-order chi connectivity index (χ0) is 16.6. The lowest BCUT2D eigenvalue weighted by Crippen LogP contribution is -1.96. The first-order valence-corrected chi connectivity index (χ1v) is 9.43. The van der Waals surface area contributed by atoms with Crippen LogP contribution in [0, 0.1) is 0 Å². The largest absolute Gasteiger partial charge is 0.508 e. The molecule has 0 saturated heterocycles. The molecule has 0 aromatic heterocycles. The van der Waals surface area contributed by atoms with E-state index in [-0.39, 0.29) is 0 Å². The van der Waals surface area contributed by atoms with E-state index >= 15 is 0 Å². The SMILES string of the molecule is BrCCCCCCCCOc1ccccc1.Oc1ccccc1. The van der Waals surface area contributed by atoms with Crippen LogP contribution in [0.15, 0.2) is 60.7 Å². The Morgan fingerprint density at radius 2 is 1.22 bits per heavy atom. The number of benzene rings is 2. The average molecular weight is 379 g/mol. The highest BCUT2D eigenvalue weighted by atomic mass is 79.9. The number of halogens is 1. The Bertz CT molecular complexity index is 474.